The summed E-state index contributed by atoms with van der Waals surface area (Å²) in [6.45, 7) is 3.09. The third-order valence-electron chi connectivity index (χ3n) is 4.68. The van der Waals surface area contributed by atoms with Crippen molar-refractivity contribution in [3.05, 3.63) is 35.4 Å². The third kappa shape index (κ3) is 2.90. The van der Waals surface area contributed by atoms with E-state index in [-0.39, 0.29) is 0 Å². The molecule has 2 atom stereocenters. The van der Waals surface area contributed by atoms with Gasteiger partial charge in [-0.1, -0.05) is 24.3 Å². The van der Waals surface area contributed by atoms with Gasteiger partial charge in [0.25, 0.3) is 0 Å². The van der Waals surface area contributed by atoms with Crippen molar-refractivity contribution in [1.29, 1.82) is 0 Å². The Labute approximate surface area is 122 Å². The van der Waals surface area contributed by atoms with Crippen LogP contribution in [0.1, 0.15) is 36.4 Å². The molecule has 1 aromatic carbocycles. The highest BCUT2D eigenvalue weighted by Gasteiger charge is 2.42. The molecule has 2 unspecified atom stereocenters. The van der Waals surface area contributed by atoms with Gasteiger partial charge in [-0.25, -0.2) is 0 Å². The van der Waals surface area contributed by atoms with Gasteiger partial charge in [0.2, 0.25) is 0 Å². The fraction of sp³-hybridized carbons (Fsp3) is 0.647. The van der Waals surface area contributed by atoms with Crippen molar-refractivity contribution in [3.8, 4) is 0 Å². The van der Waals surface area contributed by atoms with Gasteiger partial charge >= 0.3 is 0 Å². The molecule has 0 radical (unpaired) electrons. The first kappa shape index (κ1) is 14.1. The van der Waals surface area contributed by atoms with Crippen LogP contribution in [-0.4, -0.2) is 38.2 Å². The Kier molecular flexibility index (Phi) is 4.39. The van der Waals surface area contributed by atoms with Crippen LogP contribution in [0.4, 0.5) is 0 Å². The molecular formula is C17H26N2O. The molecule has 1 aromatic rings. The summed E-state index contributed by atoms with van der Waals surface area (Å²) in [6.07, 6.45) is 4.11. The Morgan fingerprint density at radius 3 is 2.55 bits per heavy atom. The molecule has 0 spiro atoms. The topological polar surface area (TPSA) is 24.5 Å². The van der Waals surface area contributed by atoms with E-state index in [0.717, 1.165) is 18.5 Å². The highest BCUT2D eigenvalue weighted by Crippen LogP contribution is 2.43. The molecule has 2 fully saturated rings. The summed E-state index contributed by atoms with van der Waals surface area (Å²) >= 11 is 0. The maximum atomic E-state index is 5.20. The Morgan fingerprint density at radius 2 is 1.95 bits per heavy atom. The highest BCUT2D eigenvalue weighted by atomic mass is 16.5. The van der Waals surface area contributed by atoms with Crippen LogP contribution in [0.2, 0.25) is 0 Å². The monoisotopic (exact) mass is 274 g/mol. The van der Waals surface area contributed by atoms with E-state index in [9.17, 15) is 0 Å². The molecular weight excluding hydrogens is 248 g/mol. The Bertz CT molecular complexity index is 427. The predicted octanol–water partition coefficient (Wildman–Crippen LogP) is 2.58. The summed E-state index contributed by atoms with van der Waals surface area (Å²) in [4.78, 5) is 2.74. The van der Waals surface area contributed by atoms with Crippen molar-refractivity contribution in [2.24, 2.45) is 5.92 Å². The van der Waals surface area contributed by atoms with E-state index < -0.39 is 0 Å². The van der Waals surface area contributed by atoms with E-state index in [1.165, 1.54) is 36.9 Å². The first-order chi connectivity index (χ1) is 9.83. The zero-order valence-corrected chi connectivity index (χ0v) is 12.6. The molecule has 1 saturated carbocycles. The normalized spacial score (nSPS) is 27.1. The zero-order chi connectivity index (χ0) is 13.9. The largest absolute Gasteiger partial charge is 0.380 e. The molecule has 0 bridgehead atoms. The molecule has 0 aromatic heterocycles. The van der Waals surface area contributed by atoms with Crippen LogP contribution in [0.25, 0.3) is 0 Å². The third-order valence-corrected chi connectivity index (χ3v) is 4.68. The van der Waals surface area contributed by atoms with Crippen LogP contribution in [-0.2, 0) is 11.3 Å². The first-order valence-electron chi connectivity index (χ1n) is 7.81. The van der Waals surface area contributed by atoms with Crippen molar-refractivity contribution < 1.29 is 4.74 Å². The maximum Gasteiger partial charge on any atom is 0.0713 e. The van der Waals surface area contributed by atoms with Gasteiger partial charge in [0, 0.05) is 19.2 Å². The van der Waals surface area contributed by atoms with Crippen LogP contribution in [0, 0.1) is 5.92 Å². The summed E-state index contributed by atoms with van der Waals surface area (Å²) in [6, 6.07) is 10.5. The number of nitrogens with one attached hydrogen (secondary N) is 1. The molecule has 2 aliphatic rings. The molecule has 1 heterocycles. The number of hydrogen-bond acceptors (Lipinski definition) is 3. The number of hydrogen-bond donors (Lipinski definition) is 1. The molecule has 110 valence electrons. The fourth-order valence-corrected chi connectivity index (χ4v) is 3.62. The molecule has 3 rings (SSSR count). The Balaban J connectivity index is 1.79. The SMILES string of the molecule is CNCC1CCN(C2CC2)C1c1ccc(COC)cc1. The van der Waals surface area contributed by atoms with Gasteiger partial charge in [0.1, 0.15) is 0 Å². The quantitative estimate of drug-likeness (QED) is 0.863. The number of methoxy groups -OCH3 is 1. The van der Waals surface area contributed by atoms with Gasteiger partial charge in [-0.3, -0.25) is 4.90 Å². The van der Waals surface area contributed by atoms with E-state index in [4.69, 9.17) is 4.74 Å². The number of nitrogens with zero attached hydrogens (tertiary/aromatic N) is 1. The van der Waals surface area contributed by atoms with Gasteiger partial charge in [-0.2, -0.15) is 0 Å². The standard InChI is InChI=1S/C17H26N2O/c1-18-11-15-9-10-19(16-7-8-16)17(15)14-5-3-13(4-6-14)12-20-2/h3-6,15-18H,7-12H2,1-2H3. The summed E-state index contributed by atoms with van der Waals surface area (Å²) in [7, 11) is 3.82. The lowest BCUT2D eigenvalue weighted by Gasteiger charge is -2.29. The molecule has 0 amide bonds. The van der Waals surface area contributed by atoms with Crippen LogP contribution in [0.3, 0.4) is 0 Å². The smallest absolute Gasteiger partial charge is 0.0713 e. The first-order valence-corrected chi connectivity index (χ1v) is 7.81. The summed E-state index contributed by atoms with van der Waals surface area (Å²) < 4.78 is 5.20. The minimum atomic E-state index is 0.603. The fourth-order valence-electron chi connectivity index (χ4n) is 3.62. The minimum absolute atomic E-state index is 0.603. The second-order valence-electron chi connectivity index (χ2n) is 6.19. The van der Waals surface area contributed by atoms with Crippen molar-refractivity contribution >= 4 is 0 Å². The number of ether oxygens (including phenoxy) is 1. The number of rotatable bonds is 6. The summed E-state index contributed by atoms with van der Waals surface area (Å²) in [5, 5.41) is 3.37. The van der Waals surface area contributed by atoms with E-state index in [1.807, 2.05) is 0 Å². The average Bonchev–Trinajstić information content (AvgIpc) is 3.22. The molecule has 3 heteroatoms. The number of likely N-dealkylation sites (tertiary alicyclic amines) is 1. The van der Waals surface area contributed by atoms with Crippen molar-refractivity contribution in [2.45, 2.75) is 38.0 Å². The number of benzene rings is 1. The molecule has 1 aliphatic heterocycles. The van der Waals surface area contributed by atoms with E-state index >= 15 is 0 Å². The Hall–Kier alpha value is -0.900. The molecule has 1 saturated heterocycles. The van der Waals surface area contributed by atoms with Crippen molar-refractivity contribution in [1.82, 2.24) is 10.2 Å². The van der Waals surface area contributed by atoms with Crippen LogP contribution in [0.15, 0.2) is 24.3 Å². The zero-order valence-electron chi connectivity index (χ0n) is 12.6. The predicted molar refractivity (Wildman–Crippen MR) is 81.7 cm³/mol. The second-order valence-corrected chi connectivity index (χ2v) is 6.19. The van der Waals surface area contributed by atoms with Gasteiger partial charge in [-0.15, -0.1) is 0 Å². The molecule has 3 nitrogen and oxygen atoms in total. The van der Waals surface area contributed by atoms with Gasteiger partial charge in [0.15, 0.2) is 0 Å². The van der Waals surface area contributed by atoms with E-state index in [1.54, 1.807) is 7.11 Å². The minimum Gasteiger partial charge on any atom is -0.380 e. The van der Waals surface area contributed by atoms with Crippen molar-refractivity contribution in [3.63, 3.8) is 0 Å². The van der Waals surface area contributed by atoms with Crippen LogP contribution in [0.5, 0.6) is 0 Å². The highest BCUT2D eigenvalue weighted by molar-refractivity contribution is 5.27. The van der Waals surface area contributed by atoms with Crippen LogP contribution >= 0.6 is 0 Å². The average molecular weight is 274 g/mol. The van der Waals surface area contributed by atoms with Gasteiger partial charge in [0.05, 0.1) is 6.61 Å². The maximum absolute atomic E-state index is 5.20. The molecule has 1 aliphatic carbocycles. The van der Waals surface area contributed by atoms with Gasteiger partial charge in [-0.05, 0) is 56.4 Å². The summed E-state index contributed by atoms with van der Waals surface area (Å²) in [5.74, 6) is 0.744. The van der Waals surface area contributed by atoms with Crippen molar-refractivity contribution in [2.75, 3.05) is 27.2 Å². The lowest BCUT2D eigenvalue weighted by atomic mass is 9.93. The van der Waals surface area contributed by atoms with Crippen LogP contribution < -0.4 is 5.32 Å². The van der Waals surface area contributed by atoms with E-state index in [2.05, 4.69) is 41.5 Å². The summed E-state index contributed by atoms with van der Waals surface area (Å²) in [5.41, 5.74) is 2.74. The Morgan fingerprint density at radius 1 is 1.20 bits per heavy atom. The van der Waals surface area contributed by atoms with Gasteiger partial charge < -0.3 is 10.1 Å². The lowest BCUT2D eigenvalue weighted by Crippen LogP contribution is -2.30. The second kappa shape index (κ2) is 6.25. The van der Waals surface area contributed by atoms with E-state index in [0.29, 0.717) is 12.6 Å². The molecule has 1 N–H and O–H groups in total. The molecule has 20 heavy (non-hydrogen) atoms. The lowest BCUT2D eigenvalue weighted by molar-refractivity contribution is 0.184.